The van der Waals surface area contributed by atoms with Crippen molar-refractivity contribution in [2.75, 3.05) is 6.54 Å². The Balaban J connectivity index is 1.68. The molecule has 4 rings (SSSR count). The molecule has 2 aliphatic rings. The summed E-state index contributed by atoms with van der Waals surface area (Å²) >= 11 is 6.11. The fourth-order valence-corrected chi connectivity index (χ4v) is 3.27. The third kappa shape index (κ3) is 2.47. The number of nitrogens with zero attached hydrogens (tertiary/aromatic N) is 3. The van der Waals surface area contributed by atoms with Gasteiger partial charge in [-0.2, -0.15) is 5.10 Å². The highest BCUT2D eigenvalue weighted by Crippen LogP contribution is 2.45. The van der Waals surface area contributed by atoms with Crippen LogP contribution in [0.2, 0.25) is 5.02 Å². The van der Waals surface area contributed by atoms with E-state index >= 15 is 0 Å². The molecule has 0 radical (unpaired) electrons. The van der Waals surface area contributed by atoms with E-state index < -0.39 is 0 Å². The van der Waals surface area contributed by atoms with Gasteiger partial charge >= 0.3 is 0 Å². The van der Waals surface area contributed by atoms with Gasteiger partial charge in [-0.3, -0.25) is 9.67 Å². The minimum Gasteiger partial charge on any atom is -0.330 e. The number of nitrogens with two attached hydrogens (primary N) is 1. The molecule has 2 fully saturated rings. The summed E-state index contributed by atoms with van der Waals surface area (Å²) < 4.78 is 2.14. The van der Waals surface area contributed by atoms with Gasteiger partial charge in [0, 0.05) is 28.9 Å². The summed E-state index contributed by atoms with van der Waals surface area (Å²) in [7, 11) is 0. The first-order valence-electron chi connectivity index (χ1n) is 7.65. The summed E-state index contributed by atoms with van der Waals surface area (Å²) in [5, 5.41) is 5.59. The van der Waals surface area contributed by atoms with Crippen molar-refractivity contribution < 1.29 is 0 Å². The lowest BCUT2D eigenvalue weighted by Crippen LogP contribution is -2.32. The molecule has 0 aromatic carbocycles. The van der Waals surface area contributed by atoms with Crippen molar-refractivity contribution in [3.63, 3.8) is 0 Å². The Morgan fingerprint density at radius 1 is 1.33 bits per heavy atom. The van der Waals surface area contributed by atoms with Gasteiger partial charge in [-0.15, -0.1) is 0 Å². The van der Waals surface area contributed by atoms with E-state index in [1.165, 1.54) is 18.5 Å². The molecule has 2 N–H and O–H groups in total. The molecule has 110 valence electrons. The van der Waals surface area contributed by atoms with Crippen molar-refractivity contribution >= 4 is 11.6 Å². The molecule has 5 heteroatoms. The lowest BCUT2D eigenvalue weighted by molar-refractivity contribution is 0.189. The lowest BCUT2D eigenvalue weighted by Gasteiger charge is -2.34. The molecule has 0 aliphatic heterocycles. The van der Waals surface area contributed by atoms with Crippen LogP contribution in [0.4, 0.5) is 0 Å². The lowest BCUT2D eigenvalue weighted by atomic mass is 9.80. The zero-order valence-corrected chi connectivity index (χ0v) is 12.6. The van der Waals surface area contributed by atoms with Crippen molar-refractivity contribution in [1.82, 2.24) is 14.8 Å². The summed E-state index contributed by atoms with van der Waals surface area (Å²) in [5.41, 5.74) is 9.00. The molecule has 2 aliphatic carbocycles. The van der Waals surface area contributed by atoms with Crippen molar-refractivity contribution in [3.8, 4) is 11.3 Å². The summed E-state index contributed by atoms with van der Waals surface area (Å²) in [5.74, 6) is 1.27. The molecule has 21 heavy (non-hydrogen) atoms. The number of hydrogen-bond donors (Lipinski definition) is 1. The van der Waals surface area contributed by atoms with E-state index in [1.54, 1.807) is 6.20 Å². The van der Waals surface area contributed by atoms with Crippen LogP contribution >= 0.6 is 11.6 Å². The Labute approximate surface area is 129 Å². The first-order valence-corrected chi connectivity index (χ1v) is 8.03. The molecule has 0 bridgehead atoms. The third-order valence-corrected chi connectivity index (χ3v) is 4.88. The van der Waals surface area contributed by atoms with E-state index in [2.05, 4.69) is 15.9 Å². The first-order chi connectivity index (χ1) is 10.2. The molecule has 2 saturated carbocycles. The molecule has 0 spiro atoms. The second-order valence-corrected chi connectivity index (χ2v) is 6.70. The fraction of sp³-hybridized carbons (Fsp3) is 0.500. The Morgan fingerprint density at radius 2 is 2.14 bits per heavy atom. The van der Waals surface area contributed by atoms with Crippen LogP contribution in [0.15, 0.2) is 24.5 Å². The average Bonchev–Trinajstić information content (AvgIpc) is 3.18. The largest absolute Gasteiger partial charge is 0.330 e. The van der Waals surface area contributed by atoms with Crippen molar-refractivity contribution in [2.45, 2.75) is 37.6 Å². The van der Waals surface area contributed by atoms with E-state index in [9.17, 15) is 0 Å². The average molecular weight is 303 g/mol. The minimum atomic E-state index is 0.504. The van der Waals surface area contributed by atoms with Gasteiger partial charge < -0.3 is 5.73 Å². The number of hydrogen-bond acceptors (Lipinski definition) is 3. The Morgan fingerprint density at radius 3 is 2.81 bits per heavy atom. The smallest absolute Gasteiger partial charge is 0.0751 e. The summed E-state index contributed by atoms with van der Waals surface area (Å²) in [4.78, 5) is 4.47. The number of pyridine rings is 1. The predicted molar refractivity (Wildman–Crippen MR) is 83.3 cm³/mol. The molecular weight excluding hydrogens is 284 g/mol. The highest BCUT2D eigenvalue weighted by atomic mass is 35.5. The van der Waals surface area contributed by atoms with Gasteiger partial charge in [0.15, 0.2) is 0 Å². The van der Waals surface area contributed by atoms with E-state index in [4.69, 9.17) is 22.4 Å². The Bertz CT molecular complexity index is 656. The van der Waals surface area contributed by atoms with E-state index in [-0.39, 0.29) is 0 Å². The van der Waals surface area contributed by atoms with Crippen molar-refractivity contribution in [1.29, 1.82) is 0 Å². The van der Waals surface area contributed by atoms with Crippen LogP contribution in [-0.2, 0) is 0 Å². The molecule has 0 unspecified atom stereocenters. The molecule has 2 heterocycles. The van der Waals surface area contributed by atoms with Crippen LogP contribution < -0.4 is 5.73 Å². The quantitative estimate of drug-likeness (QED) is 0.942. The Hall–Kier alpha value is -1.39. The second-order valence-electron chi connectivity index (χ2n) is 6.27. The van der Waals surface area contributed by atoms with Gasteiger partial charge in [0.1, 0.15) is 0 Å². The summed E-state index contributed by atoms with van der Waals surface area (Å²) in [6.45, 7) is 0.788. The van der Waals surface area contributed by atoms with E-state index in [0.717, 1.165) is 35.7 Å². The van der Waals surface area contributed by atoms with Gasteiger partial charge in [0.25, 0.3) is 0 Å². The van der Waals surface area contributed by atoms with Crippen LogP contribution in [-0.4, -0.2) is 21.3 Å². The fourth-order valence-electron chi connectivity index (χ4n) is 3.11. The monoisotopic (exact) mass is 302 g/mol. The molecule has 0 amide bonds. The van der Waals surface area contributed by atoms with Crippen LogP contribution in [0, 0.1) is 5.92 Å². The summed E-state index contributed by atoms with van der Waals surface area (Å²) in [6, 6.07) is 4.24. The zero-order chi connectivity index (χ0) is 14.4. The number of rotatable bonds is 4. The molecular formula is C16H19ClN4. The standard InChI is InChI=1S/C16H19ClN4/c17-12-3-4-19-15(7-12)14-9-21(13-5-10(6-13)8-18)20-16(14)11-1-2-11/h3-4,7,9-11,13H,1-2,5-6,8,18H2. The molecule has 2 aromatic rings. The van der Waals surface area contributed by atoms with Crippen LogP contribution in [0.1, 0.15) is 43.3 Å². The highest BCUT2D eigenvalue weighted by Gasteiger charge is 2.34. The third-order valence-electron chi connectivity index (χ3n) is 4.64. The Kier molecular flexibility index (Phi) is 3.23. The number of aromatic nitrogens is 3. The SMILES string of the molecule is NCC1CC(n2cc(-c3cc(Cl)ccn3)c(C3CC3)n2)C1. The van der Waals surface area contributed by atoms with E-state index in [0.29, 0.717) is 17.9 Å². The van der Waals surface area contributed by atoms with Gasteiger partial charge in [-0.1, -0.05) is 11.6 Å². The van der Waals surface area contributed by atoms with Gasteiger partial charge in [0.2, 0.25) is 0 Å². The van der Waals surface area contributed by atoms with Crippen LogP contribution in [0.5, 0.6) is 0 Å². The highest BCUT2D eigenvalue weighted by molar-refractivity contribution is 6.30. The molecule has 0 saturated heterocycles. The minimum absolute atomic E-state index is 0.504. The maximum atomic E-state index is 6.11. The van der Waals surface area contributed by atoms with Gasteiger partial charge in [-0.25, -0.2) is 0 Å². The van der Waals surface area contributed by atoms with E-state index in [1.807, 2.05) is 12.1 Å². The maximum absolute atomic E-state index is 6.11. The topological polar surface area (TPSA) is 56.7 Å². The van der Waals surface area contributed by atoms with Crippen LogP contribution in [0.25, 0.3) is 11.3 Å². The molecule has 2 aromatic heterocycles. The van der Waals surface area contributed by atoms with Gasteiger partial charge in [0.05, 0.1) is 17.4 Å². The maximum Gasteiger partial charge on any atom is 0.0751 e. The van der Waals surface area contributed by atoms with Crippen molar-refractivity contribution in [3.05, 3.63) is 35.2 Å². The predicted octanol–water partition coefficient (Wildman–Crippen LogP) is 3.39. The number of halogens is 1. The zero-order valence-electron chi connectivity index (χ0n) is 11.9. The molecule has 4 nitrogen and oxygen atoms in total. The summed E-state index contributed by atoms with van der Waals surface area (Å²) in [6.07, 6.45) is 8.68. The first kappa shape index (κ1) is 13.3. The van der Waals surface area contributed by atoms with Crippen molar-refractivity contribution in [2.24, 2.45) is 11.7 Å². The normalized spacial score (nSPS) is 24.9. The van der Waals surface area contributed by atoms with Gasteiger partial charge in [-0.05, 0) is 50.3 Å². The van der Waals surface area contributed by atoms with Crippen LogP contribution in [0.3, 0.4) is 0 Å². The molecule has 0 atom stereocenters. The second kappa shape index (κ2) is 5.11.